The Hall–Kier alpha value is -4.23. The summed E-state index contributed by atoms with van der Waals surface area (Å²) in [6, 6.07) is 19.7. The fraction of sp³-hybridized carbons (Fsp3) is 0.258. The van der Waals surface area contributed by atoms with Gasteiger partial charge in [0.05, 0.1) is 29.7 Å². The van der Waals surface area contributed by atoms with Crippen LogP contribution in [0.2, 0.25) is 10.0 Å². The van der Waals surface area contributed by atoms with Crippen LogP contribution in [0.15, 0.2) is 72.8 Å². The van der Waals surface area contributed by atoms with E-state index in [0.717, 1.165) is 16.7 Å². The molecule has 0 saturated carbocycles. The van der Waals surface area contributed by atoms with Gasteiger partial charge in [0.25, 0.3) is 0 Å². The van der Waals surface area contributed by atoms with Crippen LogP contribution in [-0.2, 0) is 29.1 Å². The van der Waals surface area contributed by atoms with Gasteiger partial charge in [0, 0.05) is 19.5 Å². The summed E-state index contributed by atoms with van der Waals surface area (Å²) in [4.78, 5) is 44.5. The molecule has 0 unspecified atom stereocenters. The topological polar surface area (TPSA) is 96.4 Å². The van der Waals surface area contributed by atoms with Crippen LogP contribution >= 0.6 is 23.2 Å². The second-order valence-electron chi connectivity index (χ2n) is 10.2. The second kappa shape index (κ2) is 12.7. The first-order chi connectivity index (χ1) is 20.2. The van der Waals surface area contributed by atoms with E-state index in [1.54, 1.807) is 35.2 Å². The molecule has 2 aliphatic heterocycles. The molecule has 2 fully saturated rings. The molecule has 2 saturated heterocycles. The molecule has 0 aromatic heterocycles. The van der Waals surface area contributed by atoms with Gasteiger partial charge in [-0.1, -0.05) is 77.7 Å². The number of hydrogen-bond donors (Lipinski definition) is 2. The Morgan fingerprint density at radius 2 is 1.69 bits per heavy atom. The van der Waals surface area contributed by atoms with Crippen molar-refractivity contribution in [2.24, 2.45) is 0 Å². The van der Waals surface area contributed by atoms with Gasteiger partial charge in [0.15, 0.2) is 0 Å². The Morgan fingerprint density at radius 1 is 0.976 bits per heavy atom. The second-order valence-corrected chi connectivity index (χ2v) is 11.0. The van der Waals surface area contributed by atoms with E-state index in [4.69, 9.17) is 29.6 Å². The zero-order valence-electron chi connectivity index (χ0n) is 22.6. The third-order valence-electron chi connectivity index (χ3n) is 7.32. The number of amides is 4. The molecule has 0 radical (unpaired) electrons. The van der Waals surface area contributed by atoms with E-state index in [2.05, 4.69) is 11.2 Å². The minimum Gasteiger partial charge on any atom is -0.508 e. The maximum atomic E-state index is 14.0. The molecule has 5 rings (SSSR count). The van der Waals surface area contributed by atoms with Gasteiger partial charge in [0.1, 0.15) is 18.0 Å². The molecular formula is C31H29Cl2N5O4. The molecule has 0 spiro atoms. The van der Waals surface area contributed by atoms with Gasteiger partial charge in [-0.2, -0.15) is 5.01 Å². The Bertz CT molecular complexity index is 1510. The van der Waals surface area contributed by atoms with Crippen molar-refractivity contribution >= 4 is 41.0 Å². The van der Waals surface area contributed by atoms with Gasteiger partial charge >= 0.3 is 6.03 Å². The minimum absolute atomic E-state index is 0.0260. The van der Waals surface area contributed by atoms with Crippen LogP contribution in [-0.4, -0.2) is 74.6 Å². The van der Waals surface area contributed by atoms with Crippen molar-refractivity contribution < 1.29 is 19.5 Å². The summed E-state index contributed by atoms with van der Waals surface area (Å²) < 4.78 is 0. The molecule has 2 N–H and O–H groups in total. The zero-order chi connectivity index (χ0) is 29.8. The van der Waals surface area contributed by atoms with Crippen molar-refractivity contribution in [1.82, 2.24) is 25.1 Å². The Kier molecular flexibility index (Phi) is 8.88. The van der Waals surface area contributed by atoms with Gasteiger partial charge in [-0.15, -0.1) is 6.42 Å². The number of piperazine rings is 1. The average Bonchev–Trinajstić information content (AvgIpc) is 2.97. The van der Waals surface area contributed by atoms with Crippen molar-refractivity contribution in [3.05, 3.63) is 99.5 Å². The highest BCUT2D eigenvalue weighted by Gasteiger charge is 2.51. The summed E-state index contributed by atoms with van der Waals surface area (Å²) in [5.41, 5.74) is 2.40. The SMILES string of the molecule is C#CCN1CC(=O)N2[C@@H](Cc3ccc(O)cc3)C(=O)N(Cc3ccc(Cl)c(Cl)c3)C[C@@H]2N1C(=O)NCc1ccccc1. The van der Waals surface area contributed by atoms with Gasteiger partial charge in [-0.3, -0.25) is 9.59 Å². The third kappa shape index (κ3) is 6.31. The lowest BCUT2D eigenvalue weighted by Gasteiger charge is -2.55. The third-order valence-corrected chi connectivity index (χ3v) is 8.06. The number of hydrogen-bond acceptors (Lipinski definition) is 5. The van der Waals surface area contributed by atoms with Crippen molar-refractivity contribution in [2.75, 3.05) is 19.6 Å². The molecule has 2 aliphatic rings. The highest BCUT2D eigenvalue weighted by atomic mass is 35.5. The summed E-state index contributed by atoms with van der Waals surface area (Å²) in [7, 11) is 0. The molecule has 3 aromatic rings. The largest absolute Gasteiger partial charge is 0.508 e. The van der Waals surface area contributed by atoms with Crippen LogP contribution in [0.3, 0.4) is 0 Å². The average molecular weight is 607 g/mol. The number of fused-ring (bicyclic) bond motifs is 1. The number of nitrogens with one attached hydrogen (secondary N) is 1. The van der Waals surface area contributed by atoms with Gasteiger partial charge in [-0.25, -0.2) is 9.80 Å². The van der Waals surface area contributed by atoms with E-state index < -0.39 is 18.2 Å². The number of carbonyl (C=O) groups excluding carboxylic acids is 3. The number of halogens is 2. The summed E-state index contributed by atoms with van der Waals surface area (Å²) in [6.07, 6.45) is 5.00. The normalized spacial score (nSPS) is 18.9. The molecule has 11 heteroatoms. The highest BCUT2D eigenvalue weighted by molar-refractivity contribution is 6.42. The molecule has 0 bridgehead atoms. The number of phenols is 1. The maximum absolute atomic E-state index is 14.0. The minimum atomic E-state index is -0.902. The number of aromatic hydroxyl groups is 1. The van der Waals surface area contributed by atoms with Crippen LogP contribution in [0.1, 0.15) is 16.7 Å². The number of urea groups is 1. The monoisotopic (exact) mass is 605 g/mol. The van der Waals surface area contributed by atoms with E-state index >= 15 is 0 Å². The van der Waals surface area contributed by atoms with Crippen LogP contribution in [0, 0.1) is 12.3 Å². The van der Waals surface area contributed by atoms with Crippen LogP contribution in [0.4, 0.5) is 4.79 Å². The van der Waals surface area contributed by atoms with Crippen molar-refractivity contribution in [3.8, 4) is 18.1 Å². The van der Waals surface area contributed by atoms with Crippen molar-refractivity contribution in [3.63, 3.8) is 0 Å². The lowest BCUT2D eigenvalue weighted by molar-refractivity contribution is -0.189. The fourth-order valence-corrected chi connectivity index (χ4v) is 5.67. The zero-order valence-corrected chi connectivity index (χ0v) is 24.1. The summed E-state index contributed by atoms with van der Waals surface area (Å²) >= 11 is 12.4. The van der Waals surface area contributed by atoms with Crippen LogP contribution in [0.5, 0.6) is 5.75 Å². The summed E-state index contributed by atoms with van der Waals surface area (Å²) in [6.45, 7) is 0.374. The molecule has 3 aromatic carbocycles. The Balaban J connectivity index is 1.50. The molecule has 9 nitrogen and oxygen atoms in total. The predicted molar refractivity (Wildman–Crippen MR) is 159 cm³/mol. The first-order valence-corrected chi connectivity index (χ1v) is 14.1. The molecule has 4 amide bonds. The highest BCUT2D eigenvalue weighted by Crippen LogP contribution is 2.30. The number of rotatable bonds is 7. The molecule has 216 valence electrons. The van der Waals surface area contributed by atoms with E-state index in [1.165, 1.54) is 27.1 Å². The molecule has 0 aliphatic carbocycles. The number of hydrazine groups is 1. The van der Waals surface area contributed by atoms with E-state index in [-0.39, 0.29) is 56.7 Å². The number of nitrogens with zero attached hydrogens (tertiary/aromatic N) is 4. The van der Waals surface area contributed by atoms with E-state index in [0.29, 0.717) is 10.0 Å². The maximum Gasteiger partial charge on any atom is 0.334 e. The van der Waals surface area contributed by atoms with E-state index in [9.17, 15) is 19.5 Å². The first-order valence-electron chi connectivity index (χ1n) is 13.4. The molecule has 2 atom stereocenters. The summed E-state index contributed by atoms with van der Waals surface area (Å²) in [5.74, 6) is 2.05. The first kappa shape index (κ1) is 29.3. The van der Waals surface area contributed by atoms with Crippen LogP contribution < -0.4 is 5.32 Å². The fourth-order valence-electron chi connectivity index (χ4n) is 5.35. The quantitative estimate of drug-likeness (QED) is 0.398. The van der Waals surface area contributed by atoms with Gasteiger partial charge in [-0.05, 0) is 41.0 Å². The van der Waals surface area contributed by atoms with E-state index in [1.807, 2.05) is 30.3 Å². The number of terminal acetylenes is 1. The lowest BCUT2D eigenvalue weighted by Crippen LogP contribution is -2.76. The van der Waals surface area contributed by atoms with Crippen LogP contribution in [0.25, 0.3) is 0 Å². The lowest BCUT2D eigenvalue weighted by atomic mass is 9.98. The molecule has 2 heterocycles. The standard InChI is InChI=1S/C31H29Cl2N5O4/c1-2-14-36-20-29(40)37-27(16-21-8-11-24(39)12-9-21)30(41)35(18-23-10-13-25(32)26(33)15-23)19-28(37)38(36)31(42)34-17-22-6-4-3-5-7-22/h1,3-13,15,27-28,39H,14,16-20H2,(H,34,42)/t27-,28-/m0/s1. The molecular weight excluding hydrogens is 577 g/mol. The molecule has 42 heavy (non-hydrogen) atoms. The van der Waals surface area contributed by atoms with Gasteiger partial charge < -0.3 is 20.2 Å². The van der Waals surface area contributed by atoms with Gasteiger partial charge in [0.2, 0.25) is 11.8 Å². The van der Waals surface area contributed by atoms with Crippen molar-refractivity contribution in [2.45, 2.75) is 31.7 Å². The number of benzene rings is 3. The number of phenolic OH excluding ortho intramolecular Hbond substituents is 1. The summed E-state index contributed by atoms with van der Waals surface area (Å²) in [5, 5.41) is 16.5. The smallest absolute Gasteiger partial charge is 0.334 e. The van der Waals surface area contributed by atoms with Crippen molar-refractivity contribution in [1.29, 1.82) is 0 Å². The number of carbonyl (C=O) groups is 3. The predicted octanol–water partition coefficient (Wildman–Crippen LogP) is 3.88. The Labute approximate surface area is 254 Å². The Morgan fingerprint density at radius 3 is 2.38 bits per heavy atom.